The van der Waals surface area contributed by atoms with Crippen LogP contribution in [0.4, 0.5) is 0 Å². The molecule has 0 radical (unpaired) electrons. The zero-order valence-corrected chi connectivity index (χ0v) is 16.7. The molecule has 146 valence electrons. The molecule has 4 heterocycles. The SMILES string of the molecule is CCS(=O)(=O)N1[C@@H]2CC[C@@H]1c1cnc3cc(-c4ccccc4OC)nn3c1C2. The van der Waals surface area contributed by atoms with Crippen molar-refractivity contribution in [3.63, 3.8) is 0 Å². The Kier molecular flexibility index (Phi) is 3.96. The van der Waals surface area contributed by atoms with Crippen molar-refractivity contribution in [1.29, 1.82) is 0 Å². The second kappa shape index (κ2) is 6.28. The summed E-state index contributed by atoms with van der Waals surface area (Å²) in [6.07, 6.45) is 4.21. The average Bonchev–Trinajstić information content (AvgIpc) is 3.29. The van der Waals surface area contributed by atoms with Crippen LogP contribution in [0.15, 0.2) is 36.5 Å². The summed E-state index contributed by atoms with van der Waals surface area (Å²) in [4.78, 5) is 4.59. The molecule has 5 rings (SSSR count). The fourth-order valence-electron chi connectivity index (χ4n) is 4.60. The first kappa shape index (κ1) is 17.6. The molecule has 0 N–H and O–H groups in total. The van der Waals surface area contributed by atoms with Crippen LogP contribution >= 0.6 is 0 Å². The molecule has 1 fully saturated rings. The Balaban J connectivity index is 1.65. The molecule has 0 aliphatic carbocycles. The Morgan fingerprint density at radius 2 is 2.07 bits per heavy atom. The molecule has 3 aromatic rings. The van der Waals surface area contributed by atoms with Gasteiger partial charge in [-0.1, -0.05) is 12.1 Å². The largest absolute Gasteiger partial charge is 0.496 e. The molecule has 0 unspecified atom stereocenters. The van der Waals surface area contributed by atoms with Crippen molar-refractivity contribution < 1.29 is 13.2 Å². The molecular formula is C20H22N4O3S. The molecule has 2 aromatic heterocycles. The third-order valence-electron chi connectivity index (χ3n) is 5.91. The first-order chi connectivity index (χ1) is 13.5. The number of aromatic nitrogens is 3. The van der Waals surface area contributed by atoms with Gasteiger partial charge in [-0.15, -0.1) is 0 Å². The second-order valence-corrected chi connectivity index (χ2v) is 9.50. The normalized spacial score (nSPS) is 21.8. The van der Waals surface area contributed by atoms with Crippen molar-refractivity contribution >= 4 is 15.7 Å². The van der Waals surface area contributed by atoms with Crippen molar-refractivity contribution in [2.75, 3.05) is 12.9 Å². The lowest BCUT2D eigenvalue weighted by molar-refractivity contribution is 0.298. The van der Waals surface area contributed by atoms with Gasteiger partial charge in [-0.25, -0.2) is 17.9 Å². The van der Waals surface area contributed by atoms with Gasteiger partial charge < -0.3 is 4.74 Å². The van der Waals surface area contributed by atoms with E-state index in [2.05, 4.69) is 4.98 Å². The maximum atomic E-state index is 12.6. The number of hydrogen-bond donors (Lipinski definition) is 0. The number of benzene rings is 1. The highest BCUT2D eigenvalue weighted by molar-refractivity contribution is 7.89. The number of rotatable bonds is 4. The van der Waals surface area contributed by atoms with Crippen LogP contribution in [-0.2, 0) is 16.4 Å². The number of methoxy groups -OCH3 is 1. The molecular weight excluding hydrogens is 376 g/mol. The van der Waals surface area contributed by atoms with Crippen molar-refractivity contribution in [2.24, 2.45) is 0 Å². The van der Waals surface area contributed by atoms with Gasteiger partial charge in [-0.3, -0.25) is 0 Å². The average molecular weight is 398 g/mol. The topological polar surface area (TPSA) is 76.8 Å². The lowest BCUT2D eigenvalue weighted by Gasteiger charge is -2.34. The van der Waals surface area contributed by atoms with Crippen molar-refractivity contribution in [3.8, 4) is 17.0 Å². The molecule has 2 aliphatic rings. The minimum atomic E-state index is -3.24. The van der Waals surface area contributed by atoms with E-state index in [9.17, 15) is 8.42 Å². The number of para-hydroxylation sites is 1. The van der Waals surface area contributed by atoms with E-state index < -0.39 is 10.0 Å². The number of fused-ring (bicyclic) bond motifs is 6. The Morgan fingerprint density at radius 3 is 2.86 bits per heavy atom. The van der Waals surface area contributed by atoms with E-state index in [0.717, 1.165) is 46.8 Å². The second-order valence-electron chi connectivity index (χ2n) is 7.34. The third-order valence-corrected chi connectivity index (χ3v) is 7.84. The third kappa shape index (κ3) is 2.48. The van der Waals surface area contributed by atoms with Crippen LogP contribution in [0.3, 0.4) is 0 Å². The summed E-state index contributed by atoms with van der Waals surface area (Å²) in [5, 5.41) is 4.82. The quantitative estimate of drug-likeness (QED) is 0.675. The van der Waals surface area contributed by atoms with Gasteiger partial charge in [0.2, 0.25) is 10.0 Å². The molecule has 2 atom stereocenters. The summed E-state index contributed by atoms with van der Waals surface area (Å²) in [7, 11) is -1.59. The monoisotopic (exact) mass is 398 g/mol. The van der Waals surface area contributed by atoms with Gasteiger partial charge >= 0.3 is 0 Å². The van der Waals surface area contributed by atoms with E-state index >= 15 is 0 Å². The van der Waals surface area contributed by atoms with Gasteiger partial charge in [-0.2, -0.15) is 9.40 Å². The van der Waals surface area contributed by atoms with Crippen LogP contribution in [0, 0.1) is 0 Å². The lowest BCUT2D eigenvalue weighted by atomic mass is 10.0. The summed E-state index contributed by atoms with van der Waals surface area (Å²) < 4.78 is 34.3. The predicted octanol–water partition coefficient (Wildman–Crippen LogP) is 2.82. The molecule has 2 bridgehead atoms. The van der Waals surface area contributed by atoms with Crippen molar-refractivity contribution in [1.82, 2.24) is 18.9 Å². The van der Waals surface area contributed by atoms with E-state index in [1.165, 1.54) is 0 Å². The highest BCUT2D eigenvalue weighted by Gasteiger charge is 2.46. The summed E-state index contributed by atoms with van der Waals surface area (Å²) in [6, 6.07) is 9.61. The summed E-state index contributed by atoms with van der Waals surface area (Å²) >= 11 is 0. The number of hydrogen-bond acceptors (Lipinski definition) is 5. The predicted molar refractivity (Wildman–Crippen MR) is 106 cm³/mol. The van der Waals surface area contributed by atoms with Crippen LogP contribution in [0.2, 0.25) is 0 Å². The van der Waals surface area contributed by atoms with E-state index in [4.69, 9.17) is 9.84 Å². The van der Waals surface area contributed by atoms with E-state index in [-0.39, 0.29) is 17.8 Å². The fraction of sp³-hybridized carbons (Fsp3) is 0.400. The molecule has 8 heteroatoms. The minimum absolute atomic E-state index is 0.00645. The summed E-state index contributed by atoms with van der Waals surface area (Å²) in [5.74, 6) is 0.894. The Bertz CT molecular complexity index is 1170. The van der Waals surface area contributed by atoms with Gasteiger partial charge in [0.05, 0.1) is 30.3 Å². The number of nitrogens with zero attached hydrogens (tertiary/aromatic N) is 4. The molecule has 0 spiro atoms. The first-order valence-electron chi connectivity index (χ1n) is 9.55. The van der Waals surface area contributed by atoms with Crippen LogP contribution in [-0.4, -0.2) is 46.2 Å². The highest BCUT2D eigenvalue weighted by atomic mass is 32.2. The number of ether oxygens (including phenoxy) is 1. The van der Waals surface area contributed by atoms with Gasteiger partial charge in [0.15, 0.2) is 5.65 Å². The highest BCUT2D eigenvalue weighted by Crippen LogP contribution is 2.45. The Hall–Kier alpha value is -2.45. The van der Waals surface area contributed by atoms with E-state index in [1.807, 2.05) is 41.0 Å². The molecule has 1 saturated heterocycles. The van der Waals surface area contributed by atoms with Gasteiger partial charge in [0.1, 0.15) is 5.75 Å². The van der Waals surface area contributed by atoms with Crippen molar-refractivity contribution in [3.05, 3.63) is 47.8 Å². The molecule has 1 aromatic carbocycles. The summed E-state index contributed by atoms with van der Waals surface area (Å²) in [6.45, 7) is 1.71. The van der Waals surface area contributed by atoms with E-state index in [0.29, 0.717) is 6.42 Å². The van der Waals surface area contributed by atoms with Gasteiger partial charge in [0.25, 0.3) is 0 Å². The van der Waals surface area contributed by atoms with Crippen LogP contribution in [0.25, 0.3) is 16.9 Å². The molecule has 0 saturated carbocycles. The molecule has 0 amide bonds. The zero-order valence-electron chi connectivity index (χ0n) is 15.9. The molecule has 28 heavy (non-hydrogen) atoms. The zero-order chi connectivity index (χ0) is 19.5. The van der Waals surface area contributed by atoms with Crippen molar-refractivity contribution in [2.45, 2.75) is 38.3 Å². The van der Waals surface area contributed by atoms with E-state index in [1.54, 1.807) is 18.3 Å². The first-order valence-corrected chi connectivity index (χ1v) is 11.2. The molecule has 7 nitrogen and oxygen atoms in total. The summed E-state index contributed by atoms with van der Waals surface area (Å²) in [5.41, 5.74) is 4.53. The fourth-order valence-corrected chi connectivity index (χ4v) is 6.14. The standard InChI is InChI=1S/C20H22N4O3S/c1-3-28(25,26)24-13-8-9-17(24)15-12-21-20-11-16(22-23(20)18(15)10-13)14-6-4-5-7-19(14)27-2/h4-7,11-13,17H,3,8-10H2,1-2H3/t13-,17-/m1/s1. The molecule has 2 aliphatic heterocycles. The lowest BCUT2D eigenvalue weighted by Crippen LogP contribution is -2.43. The van der Waals surface area contributed by atoms with Crippen LogP contribution in [0.1, 0.15) is 37.1 Å². The number of sulfonamides is 1. The maximum Gasteiger partial charge on any atom is 0.214 e. The smallest absolute Gasteiger partial charge is 0.214 e. The Morgan fingerprint density at radius 1 is 1.25 bits per heavy atom. The maximum absolute atomic E-state index is 12.6. The Labute approximate surface area is 164 Å². The minimum Gasteiger partial charge on any atom is -0.496 e. The van der Waals surface area contributed by atoms with Crippen LogP contribution in [0.5, 0.6) is 5.75 Å². The van der Waals surface area contributed by atoms with Crippen LogP contribution < -0.4 is 4.74 Å². The van der Waals surface area contributed by atoms with Gasteiger partial charge in [-0.05, 0) is 31.9 Å². The van der Waals surface area contributed by atoms with Gasteiger partial charge in [0, 0.05) is 35.9 Å².